The third-order valence-corrected chi connectivity index (χ3v) is 2.86. The van der Waals surface area contributed by atoms with Crippen LogP contribution in [0.25, 0.3) is 0 Å². The quantitative estimate of drug-likeness (QED) is 0.549. The van der Waals surface area contributed by atoms with Gasteiger partial charge in [-0.15, -0.1) is 0 Å². The maximum Gasteiger partial charge on any atom is 0.235 e. The van der Waals surface area contributed by atoms with Crippen molar-refractivity contribution in [3.63, 3.8) is 0 Å². The summed E-state index contributed by atoms with van der Waals surface area (Å²) in [5.41, 5.74) is 0.148. The Hall–Kier alpha value is -1.24. The molecule has 1 rings (SSSR count). The number of hydrogen-bond acceptors (Lipinski definition) is 4. The van der Waals surface area contributed by atoms with Crippen molar-refractivity contribution in [1.29, 1.82) is 5.41 Å². The van der Waals surface area contributed by atoms with Gasteiger partial charge in [-0.25, -0.2) is 15.0 Å². The molecule has 1 aliphatic rings. The molecule has 0 amide bonds. The van der Waals surface area contributed by atoms with E-state index in [0.717, 1.165) is 18.9 Å². The summed E-state index contributed by atoms with van der Waals surface area (Å²) in [5, 5.41) is 5.40. The van der Waals surface area contributed by atoms with Gasteiger partial charge in [-0.3, -0.25) is 0 Å². The predicted molar refractivity (Wildman–Crippen MR) is 61.7 cm³/mol. The summed E-state index contributed by atoms with van der Waals surface area (Å²) in [6.45, 7) is 8.80. The van der Waals surface area contributed by atoms with E-state index in [2.05, 4.69) is 32.7 Å². The Kier molecular flexibility index (Phi) is 5.29. The lowest BCUT2D eigenvalue weighted by Gasteiger charge is -2.42. The van der Waals surface area contributed by atoms with Crippen molar-refractivity contribution in [2.24, 2.45) is 16.3 Å². The molecular formula is C12H20N2O2. The zero-order chi connectivity index (χ0) is 12.8. The van der Waals surface area contributed by atoms with Gasteiger partial charge in [-0.05, 0) is 37.5 Å². The molecule has 16 heavy (non-hydrogen) atoms. The van der Waals surface area contributed by atoms with Crippen LogP contribution in [-0.4, -0.2) is 17.7 Å². The fourth-order valence-corrected chi connectivity index (χ4v) is 3.14. The first-order valence-corrected chi connectivity index (χ1v) is 5.41. The zero-order valence-electron chi connectivity index (χ0n) is 10.5. The van der Waals surface area contributed by atoms with E-state index in [9.17, 15) is 4.79 Å². The monoisotopic (exact) mass is 224 g/mol. The van der Waals surface area contributed by atoms with Crippen molar-refractivity contribution in [2.75, 3.05) is 0 Å². The molecule has 1 fully saturated rings. The number of carbonyl (C=O) groups excluding carboxylic acids is 2. The first kappa shape index (κ1) is 14.8. The van der Waals surface area contributed by atoms with Gasteiger partial charge in [0.15, 0.2) is 0 Å². The molecule has 90 valence electrons. The lowest BCUT2D eigenvalue weighted by Crippen LogP contribution is -2.38. The van der Waals surface area contributed by atoms with Gasteiger partial charge < -0.3 is 0 Å². The summed E-state index contributed by atoms with van der Waals surface area (Å²) in [4.78, 5) is 22.6. The van der Waals surface area contributed by atoms with Crippen molar-refractivity contribution < 1.29 is 9.59 Å². The van der Waals surface area contributed by atoms with Gasteiger partial charge in [0, 0.05) is 0 Å². The molecule has 2 atom stereocenters. The highest BCUT2D eigenvalue weighted by molar-refractivity contribution is 5.35. The average molecular weight is 224 g/mol. The molecule has 2 unspecified atom stereocenters. The first-order chi connectivity index (χ1) is 7.28. The molecule has 4 heteroatoms. The number of rotatable bonds is 1. The van der Waals surface area contributed by atoms with Gasteiger partial charge >= 0.3 is 0 Å². The highest BCUT2D eigenvalue weighted by Crippen LogP contribution is 2.45. The molecule has 0 aromatic rings. The Balaban J connectivity index is 0.000000673. The molecule has 0 spiro atoms. The van der Waals surface area contributed by atoms with E-state index < -0.39 is 0 Å². The number of nitrogens with zero attached hydrogens (tertiary/aromatic N) is 1. The van der Waals surface area contributed by atoms with Crippen LogP contribution in [-0.2, 0) is 9.59 Å². The smallest absolute Gasteiger partial charge is 0.222 e. The van der Waals surface area contributed by atoms with E-state index in [0.29, 0.717) is 11.3 Å². The Morgan fingerprint density at radius 1 is 1.25 bits per heavy atom. The maximum absolute atomic E-state index is 10.3. The molecule has 0 saturated heterocycles. The normalized spacial score (nSPS) is 31.4. The van der Waals surface area contributed by atoms with E-state index in [-0.39, 0.29) is 5.54 Å². The molecule has 0 aromatic heterocycles. The first-order valence-electron chi connectivity index (χ1n) is 5.41. The van der Waals surface area contributed by atoms with Crippen molar-refractivity contribution in [2.45, 2.75) is 52.5 Å². The lowest BCUT2D eigenvalue weighted by atomic mass is 9.65. The van der Waals surface area contributed by atoms with Crippen LogP contribution in [0.2, 0.25) is 0 Å². The molecule has 0 radical (unpaired) electrons. The minimum atomic E-state index is -0.164. The second kappa shape index (κ2) is 5.74. The highest BCUT2D eigenvalue weighted by Gasteiger charge is 2.39. The Morgan fingerprint density at radius 2 is 1.75 bits per heavy atom. The van der Waals surface area contributed by atoms with Crippen LogP contribution >= 0.6 is 0 Å². The largest absolute Gasteiger partial charge is 0.235 e. The maximum atomic E-state index is 10.3. The van der Waals surface area contributed by atoms with Crippen LogP contribution < -0.4 is 0 Å². The summed E-state index contributed by atoms with van der Waals surface area (Å²) in [7, 11) is 0. The van der Waals surface area contributed by atoms with Crippen molar-refractivity contribution >= 4 is 12.2 Å². The predicted octanol–water partition coefficient (Wildman–Crippen LogP) is 2.83. The Bertz CT molecular complexity index is 313. The van der Waals surface area contributed by atoms with Gasteiger partial charge in [-0.2, -0.15) is 4.99 Å². The fraction of sp³-hybridized carbons (Fsp3) is 0.833. The number of hydrogen-bond donors (Lipinski definition) is 1. The van der Waals surface area contributed by atoms with Crippen LogP contribution in [0.3, 0.4) is 0 Å². The molecule has 0 aromatic carbocycles. The van der Waals surface area contributed by atoms with Crippen LogP contribution in [0.4, 0.5) is 0 Å². The van der Waals surface area contributed by atoms with Crippen molar-refractivity contribution in [3.8, 4) is 0 Å². The Morgan fingerprint density at radius 3 is 2.12 bits per heavy atom. The van der Waals surface area contributed by atoms with Crippen LogP contribution in [0.5, 0.6) is 0 Å². The topological polar surface area (TPSA) is 70.3 Å². The molecule has 1 aliphatic carbocycles. The number of aliphatic imine (C=N–C) groups is 1. The van der Waals surface area contributed by atoms with E-state index in [1.54, 1.807) is 6.08 Å². The molecule has 0 heterocycles. The summed E-state index contributed by atoms with van der Waals surface area (Å²) < 4.78 is 0. The van der Waals surface area contributed by atoms with E-state index in [1.165, 1.54) is 6.42 Å². The molecule has 1 saturated carbocycles. The van der Waals surface area contributed by atoms with Gasteiger partial charge in [0.05, 0.1) is 5.54 Å². The van der Waals surface area contributed by atoms with E-state index >= 15 is 0 Å². The third kappa shape index (κ3) is 5.01. The molecule has 4 nitrogen and oxygen atoms in total. The summed E-state index contributed by atoms with van der Waals surface area (Å²) in [6.07, 6.45) is 5.71. The van der Waals surface area contributed by atoms with E-state index in [1.807, 2.05) is 0 Å². The van der Waals surface area contributed by atoms with Crippen LogP contribution in [0, 0.1) is 16.7 Å². The fourth-order valence-electron chi connectivity index (χ4n) is 3.14. The van der Waals surface area contributed by atoms with Gasteiger partial charge in [0.2, 0.25) is 12.2 Å². The molecule has 0 bridgehead atoms. The summed E-state index contributed by atoms with van der Waals surface area (Å²) >= 11 is 0. The number of nitrogens with one attached hydrogen (secondary N) is 1. The second-order valence-corrected chi connectivity index (χ2v) is 5.66. The average Bonchev–Trinajstić information content (AvgIpc) is 1.98. The lowest BCUT2D eigenvalue weighted by molar-refractivity contribution is 0.120. The zero-order valence-corrected chi connectivity index (χ0v) is 10.5. The second-order valence-electron chi connectivity index (χ2n) is 5.66. The molecular weight excluding hydrogens is 204 g/mol. The van der Waals surface area contributed by atoms with Crippen LogP contribution in [0.1, 0.15) is 47.0 Å². The minimum Gasteiger partial charge on any atom is -0.222 e. The van der Waals surface area contributed by atoms with Gasteiger partial charge in [0.25, 0.3) is 0 Å². The highest BCUT2D eigenvalue weighted by atomic mass is 16.1. The van der Waals surface area contributed by atoms with E-state index in [4.69, 9.17) is 10.2 Å². The van der Waals surface area contributed by atoms with Crippen molar-refractivity contribution in [3.05, 3.63) is 0 Å². The standard InChI is InChI=1S/C11H19NO.CHNO/c1-9-5-10(2,3)7-11(4,6-9)12-8-13;2-1-3/h9H,5-7H2,1-4H3;2H. The summed E-state index contributed by atoms with van der Waals surface area (Å²) in [6, 6.07) is 0. The molecule has 0 aliphatic heterocycles. The summed E-state index contributed by atoms with van der Waals surface area (Å²) in [5.74, 6) is 0.658. The molecule has 1 N–H and O–H groups in total. The van der Waals surface area contributed by atoms with Crippen molar-refractivity contribution in [1.82, 2.24) is 0 Å². The van der Waals surface area contributed by atoms with Crippen LogP contribution in [0.15, 0.2) is 4.99 Å². The third-order valence-electron chi connectivity index (χ3n) is 2.86. The SMILES string of the molecule is CC1CC(C)(C)CC(C)(N=C=O)C1.N=C=O. The number of isocyanates is 2. The Labute approximate surface area is 96.7 Å². The van der Waals surface area contributed by atoms with Gasteiger partial charge in [-0.1, -0.05) is 20.8 Å². The minimum absolute atomic E-state index is 0.164. The van der Waals surface area contributed by atoms with Gasteiger partial charge in [0.1, 0.15) is 0 Å².